The molecular weight excluding hydrogens is 300 g/mol. The van der Waals surface area contributed by atoms with Gasteiger partial charge in [-0.3, -0.25) is 4.79 Å². The summed E-state index contributed by atoms with van der Waals surface area (Å²) in [5.74, 6) is -0.462. The van der Waals surface area contributed by atoms with E-state index in [1.165, 1.54) is 0 Å². The molecule has 0 aliphatic carbocycles. The third-order valence-corrected chi connectivity index (χ3v) is 3.37. The molecule has 7 heteroatoms. The first-order valence-corrected chi connectivity index (χ1v) is 7.69. The molecule has 126 valence electrons. The largest absolute Gasteiger partial charge is 0.445 e. The average Bonchev–Trinajstić information content (AvgIpc) is 2.59. The fourth-order valence-electron chi connectivity index (χ4n) is 2.02. The van der Waals surface area contributed by atoms with Crippen molar-refractivity contribution in [1.29, 1.82) is 0 Å². The van der Waals surface area contributed by atoms with Gasteiger partial charge in [-0.2, -0.15) is 0 Å². The van der Waals surface area contributed by atoms with E-state index in [0.29, 0.717) is 6.61 Å². The van der Waals surface area contributed by atoms with Crippen LogP contribution in [0.2, 0.25) is 0 Å². The van der Waals surface area contributed by atoms with Gasteiger partial charge in [-0.25, -0.2) is 15.1 Å². The number of hydrogen-bond acceptors (Lipinski definition) is 5. The molecule has 1 aliphatic rings. The molecule has 1 saturated heterocycles. The summed E-state index contributed by atoms with van der Waals surface area (Å²) in [7, 11) is 0. The van der Waals surface area contributed by atoms with E-state index in [-0.39, 0.29) is 6.61 Å². The summed E-state index contributed by atoms with van der Waals surface area (Å²) >= 11 is 0. The summed E-state index contributed by atoms with van der Waals surface area (Å²) in [5.41, 5.74) is 3.17. The molecule has 0 radical (unpaired) electrons. The second kappa shape index (κ2) is 9.12. The molecule has 2 N–H and O–H groups in total. The predicted molar refractivity (Wildman–Crippen MR) is 82.0 cm³/mol. The third-order valence-electron chi connectivity index (χ3n) is 3.37. The molecule has 7 nitrogen and oxygen atoms in total. The number of alkyl carbamates (subject to hydrolysis) is 1. The Morgan fingerprint density at radius 1 is 1.30 bits per heavy atom. The van der Waals surface area contributed by atoms with Crippen LogP contribution in [0.15, 0.2) is 30.3 Å². The van der Waals surface area contributed by atoms with E-state index in [2.05, 4.69) is 10.8 Å². The van der Waals surface area contributed by atoms with E-state index in [1.54, 1.807) is 6.92 Å². The molecule has 2 rings (SSSR count). The molecule has 1 aromatic rings. The number of ether oxygens (including phenoxy) is 2. The van der Waals surface area contributed by atoms with Gasteiger partial charge in [0.2, 0.25) is 0 Å². The number of amides is 2. The van der Waals surface area contributed by atoms with Gasteiger partial charge in [-0.1, -0.05) is 30.3 Å². The fourth-order valence-corrected chi connectivity index (χ4v) is 2.02. The zero-order chi connectivity index (χ0) is 16.5. The minimum absolute atomic E-state index is 0.146. The smallest absolute Gasteiger partial charge is 0.408 e. The Morgan fingerprint density at radius 3 is 2.78 bits per heavy atom. The molecule has 0 bridgehead atoms. The molecule has 23 heavy (non-hydrogen) atoms. The molecule has 2 amide bonds. The quantitative estimate of drug-likeness (QED) is 0.781. The van der Waals surface area contributed by atoms with Crippen molar-refractivity contribution in [2.75, 3.05) is 6.61 Å². The molecule has 1 fully saturated rings. The lowest BCUT2D eigenvalue weighted by atomic mass is 10.2. The van der Waals surface area contributed by atoms with Crippen molar-refractivity contribution >= 4 is 12.0 Å². The first-order chi connectivity index (χ1) is 11.1. The lowest BCUT2D eigenvalue weighted by Gasteiger charge is -2.23. The van der Waals surface area contributed by atoms with E-state index < -0.39 is 24.3 Å². The van der Waals surface area contributed by atoms with E-state index in [9.17, 15) is 9.59 Å². The van der Waals surface area contributed by atoms with Crippen molar-refractivity contribution in [2.45, 2.75) is 45.1 Å². The van der Waals surface area contributed by atoms with E-state index in [4.69, 9.17) is 14.3 Å². The number of carbonyl (C=O) groups is 2. The van der Waals surface area contributed by atoms with Crippen LogP contribution in [0.4, 0.5) is 4.79 Å². The van der Waals surface area contributed by atoms with Crippen molar-refractivity contribution < 1.29 is 23.9 Å². The molecule has 1 heterocycles. The Hall–Kier alpha value is -2.12. The summed E-state index contributed by atoms with van der Waals surface area (Å²) in [6.07, 6.45) is 1.65. The van der Waals surface area contributed by atoms with Gasteiger partial charge in [0.1, 0.15) is 12.6 Å². The lowest BCUT2D eigenvalue weighted by molar-refractivity contribution is -0.201. The van der Waals surface area contributed by atoms with Crippen LogP contribution in [0.5, 0.6) is 0 Å². The van der Waals surface area contributed by atoms with Crippen molar-refractivity contribution in [1.82, 2.24) is 10.8 Å². The Balaban J connectivity index is 1.64. The first-order valence-electron chi connectivity index (χ1n) is 7.69. The normalized spacial score (nSPS) is 18.7. The highest BCUT2D eigenvalue weighted by atomic mass is 16.8. The third kappa shape index (κ3) is 6.25. The zero-order valence-electron chi connectivity index (χ0n) is 13.1. The molecule has 1 aliphatic heterocycles. The number of rotatable bonds is 6. The van der Waals surface area contributed by atoms with Gasteiger partial charge in [-0.05, 0) is 25.3 Å². The molecule has 0 aromatic heterocycles. The zero-order valence-corrected chi connectivity index (χ0v) is 13.1. The van der Waals surface area contributed by atoms with Crippen LogP contribution in [-0.4, -0.2) is 30.9 Å². The fraction of sp³-hybridized carbons (Fsp3) is 0.500. The van der Waals surface area contributed by atoms with Gasteiger partial charge < -0.3 is 14.8 Å². The van der Waals surface area contributed by atoms with Crippen molar-refractivity contribution in [3.8, 4) is 0 Å². The molecule has 0 saturated carbocycles. The van der Waals surface area contributed by atoms with Crippen LogP contribution >= 0.6 is 0 Å². The highest BCUT2D eigenvalue weighted by Gasteiger charge is 2.20. The number of carbonyl (C=O) groups excluding carboxylic acids is 2. The van der Waals surface area contributed by atoms with Crippen LogP contribution in [0.1, 0.15) is 31.7 Å². The number of hydroxylamine groups is 1. The summed E-state index contributed by atoms with van der Waals surface area (Å²) in [4.78, 5) is 28.7. The first kappa shape index (κ1) is 17.2. The standard InChI is InChI=1S/C16H22N2O5/c1-12(15(19)18-23-14-9-5-6-10-21-14)17-16(20)22-11-13-7-3-2-4-8-13/h2-4,7-8,12,14H,5-6,9-11H2,1H3,(H,17,20)(H,18,19). The van der Waals surface area contributed by atoms with E-state index in [0.717, 1.165) is 24.8 Å². The van der Waals surface area contributed by atoms with Crippen LogP contribution in [0.25, 0.3) is 0 Å². The Morgan fingerprint density at radius 2 is 2.09 bits per heavy atom. The number of nitrogens with one attached hydrogen (secondary N) is 2. The molecule has 2 unspecified atom stereocenters. The van der Waals surface area contributed by atoms with Crippen LogP contribution in [0, 0.1) is 0 Å². The summed E-state index contributed by atoms with van der Waals surface area (Å²) < 4.78 is 10.4. The van der Waals surface area contributed by atoms with Gasteiger partial charge in [0.25, 0.3) is 5.91 Å². The summed E-state index contributed by atoms with van der Waals surface area (Å²) in [5, 5.41) is 2.44. The van der Waals surface area contributed by atoms with Gasteiger partial charge >= 0.3 is 6.09 Å². The average molecular weight is 322 g/mol. The van der Waals surface area contributed by atoms with E-state index in [1.807, 2.05) is 30.3 Å². The maximum Gasteiger partial charge on any atom is 0.408 e. The van der Waals surface area contributed by atoms with Gasteiger partial charge in [0.15, 0.2) is 6.29 Å². The molecule has 0 spiro atoms. The second-order valence-corrected chi connectivity index (χ2v) is 5.31. The van der Waals surface area contributed by atoms with Crippen LogP contribution in [0.3, 0.4) is 0 Å². The maximum atomic E-state index is 11.8. The highest BCUT2D eigenvalue weighted by Crippen LogP contribution is 2.12. The maximum absolute atomic E-state index is 11.8. The van der Waals surface area contributed by atoms with Crippen molar-refractivity contribution in [3.63, 3.8) is 0 Å². The Kier molecular flexibility index (Phi) is 6.83. The lowest BCUT2D eigenvalue weighted by Crippen LogP contribution is -2.46. The van der Waals surface area contributed by atoms with Crippen molar-refractivity contribution in [3.05, 3.63) is 35.9 Å². The molecule has 2 atom stereocenters. The SMILES string of the molecule is CC(NC(=O)OCc1ccccc1)C(=O)NOC1CCCCO1. The molecule has 1 aromatic carbocycles. The van der Waals surface area contributed by atoms with Crippen molar-refractivity contribution in [2.24, 2.45) is 0 Å². The van der Waals surface area contributed by atoms with Gasteiger partial charge in [-0.15, -0.1) is 0 Å². The monoisotopic (exact) mass is 322 g/mol. The summed E-state index contributed by atoms with van der Waals surface area (Å²) in [6, 6.07) is 8.52. The predicted octanol–water partition coefficient (Wildman–Crippen LogP) is 1.88. The minimum Gasteiger partial charge on any atom is -0.445 e. The highest BCUT2D eigenvalue weighted by molar-refractivity contribution is 5.84. The number of hydrogen-bond donors (Lipinski definition) is 2. The topological polar surface area (TPSA) is 85.9 Å². The minimum atomic E-state index is -0.776. The summed E-state index contributed by atoms with van der Waals surface area (Å²) in [6.45, 7) is 2.32. The molecular formula is C16H22N2O5. The van der Waals surface area contributed by atoms with Crippen LogP contribution in [-0.2, 0) is 25.7 Å². The van der Waals surface area contributed by atoms with Gasteiger partial charge in [0, 0.05) is 13.0 Å². The number of benzene rings is 1. The van der Waals surface area contributed by atoms with Gasteiger partial charge in [0.05, 0.1) is 0 Å². The van der Waals surface area contributed by atoms with E-state index >= 15 is 0 Å². The van der Waals surface area contributed by atoms with Crippen LogP contribution < -0.4 is 10.8 Å². The second-order valence-electron chi connectivity index (χ2n) is 5.31. The Bertz CT molecular complexity index is 502. The Labute approximate surface area is 135 Å².